The standard InChI is InChI=1S/C9H17NO2S/c1-8(2)13(11)10-7-9-3-5-12-6-4-9/h7-9H,3-6H2,1-2H3. The van der Waals surface area contributed by atoms with Crippen molar-refractivity contribution in [2.24, 2.45) is 10.3 Å². The highest BCUT2D eigenvalue weighted by molar-refractivity contribution is 7.90. The Bertz CT molecular complexity index is 167. The van der Waals surface area contributed by atoms with E-state index in [4.69, 9.17) is 4.74 Å². The zero-order valence-corrected chi connectivity index (χ0v) is 9.05. The van der Waals surface area contributed by atoms with Crippen LogP contribution in [0.4, 0.5) is 0 Å². The van der Waals surface area contributed by atoms with E-state index in [0.29, 0.717) is 5.92 Å². The van der Waals surface area contributed by atoms with E-state index in [-0.39, 0.29) is 5.25 Å². The van der Waals surface area contributed by atoms with Crippen LogP contribution in [-0.2, 0) is 16.1 Å². The molecule has 1 aliphatic heterocycles. The van der Waals surface area contributed by atoms with Crippen LogP contribution in [0.15, 0.2) is 4.40 Å². The summed E-state index contributed by atoms with van der Waals surface area (Å²) in [6.07, 6.45) is 3.87. The zero-order valence-electron chi connectivity index (χ0n) is 8.23. The molecule has 1 saturated heterocycles. The first kappa shape index (κ1) is 11.0. The molecule has 0 aliphatic carbocycles. The van der Waals surface area contributed by atoms with E-state index in [2.05, 4.69) is 4.40 Å². The molecule has 1 atom stereocenters. The fraction of sp³-hybridized carbons (Fsp3) is 0.889. The van der Waals surface area contributed by atoms with Gasteiger partial charge in [-0.2, -0.15) is 0 Å². The molecule has 0 bridgehead atoms. The van der Waals surface area contributed by atoms with Crippen LogP contribution in [0.2, 0.25) is 0 Å². The Morgan fingerprint density at radius 1 is 1.46 bits per heavy atom. The highest BCUT2D eigenvalue weighted by Gasteiger charge is 2.14. The fourth-order valence-electron chi connectivity index (χ4n) is 1.13. The van der Waals surface area contributed by atoms with Gasteiger partial charge in [-0.3, -0.25) is 0 Å². The summed E-state index contributed by atoms with van der Waals surface area (Å²) in [5.41, 5.74) is 0. The van der Waals surface area contributed by atoms with Gasteiger partial charge in [0.05, 0.1) is 17.6 Å². The second-order valence-corrected chi connectivity index (χ2v) is 5.24. The maximum atomic E-state index is 11.3. The van der Waals surface area contributed by atoms with Crippen molar-refractivity contribution in [2.75, 3.05) is 13.2 Å². The van der Waals surface area contributed by atoms with Crippen molar-refractivity contribution in [3.63, 3.8) is 0 Å². The summed E-state index contributed by atoms with van der Waals surface area (Å²) in [6.45, 7) is 5.45. The summed E-state index contributed by atoms with van der Waals surface area (Å²) in [5.74, 6) is 0.469. The lowest BCUT2D eigenvalue weighted by Gasteiger charge is -2.17. The molecule has 76 valence electrons. The van der Waals surface area contributed by atoms with E-state index in [1.807, 2.05) is 20.1 Å². The first-order valence-corrected chi connectivity index (χ1v) is 5.89. The second kappa shape index (κ2) is 5.62. The van der Waals surface area contributed by atoms with Crippen LogP contribution in [0.1, 0.15) is 26.7 Å². The van der Waals surface area contributed by atoms with Crippen molar-refractivity contribution in [1.29, 1.82) is 0 Å². The molecule has 0 aromatic heterocycles. The van der Waals surface area contributed by atoms with Crippen molar-refractivity contribution in [2.45, 2.75) is 31.9 Å². The number of nitrogens with zero attached hydrogens (tertiary/aromatic N) is 1. The van der Waals surface area contributed by atoms with Gasteiger partial charge in [0.25, 0.3) is 0 Å². The lowest BCUT2D eigenvalue weighted by atomic mass is 10.0. The van der Waals surface area contributed by atoms with Crippen LogP contribution in [0.3, 0.4) is 0 Å². The minimum Gasteiger partial charge on any atom is -0.591 e. The third-order valence-electron chi connectivity index (χ3n) is 2.04. The first-order chi connectivity index (χ1) is 6.20. The summed E-state index contributed by atoms with van der Waals surface area (Å²) in [4.78, 5) is 0. The fourth-order valence-corrected chi connectivity index (χ4v) is 1.67. The molecule has 1 heterocycles. The van der Waals surface area contributed by atoms with Gasteiger partial charge in [-0.05, 0) is 26.7 Å². The van der Waals surface area contributed by atoms with Crippen LogP contribution in [0.5, 0.6) is 0 Å². The zero-order chi connectivity index (χ0) is 9.68. The average Bonchev–Trinajstić information content (AvgIpc) is 2.15. The minimum absolute atomic E-state index is 0.121. The molecular weight excluding hydrogens is 186 g/mol. The van der Waals surface area contributed by atoms with Crippen molar-refractivity contribution >= 4 is 17.6 Å². The van der Waals surface area contributed by atoms with Gasteiger partial charge in [-0.1, -0.05) is 4.40 Å². The van der Waals surface area contributed by atoms with Gasteiger partial charge in [0.1, 0.15) is 5.25 Å². The normalized spacial score (nSPS) is 22.8. The summed E-state index contributed by atoms with van der Waals surface area (Å²) in [7, 11) is 0. The van der Waals surface area contributed by atoms with Crippen LogP contribution < -0.4 is 0 Å². The Balaban J connectivity index is 2.28. The van der Waals surface area contributed by atoms with Gasteiger partial charge in [-0.25, -0.2) is 0 Å². The molecule has 1 fully saturated rings. The molecule has 0 aromatic carbocycles. The molecule has 0 spiro atoms. The highest BCUT2D eigenvalue weighted by atomic mass is 32.2. The summed E-state index contributed by atoms with van der Waals surface area (Å²) in [6, 6.07) is 0. The topological polar surface area (TPSA) is 44.7 Å². The largest absolute Gasteiger partial charge is 0.591 e. The SMILES string of the molecule is CC(C)[S+]([O-])N=CC1CCOCC1. The Kier molecular flexibility index (Phi) is 4.77. The number of ether oxygens (including phenoxy) is 1. The van der Waals surface area contributed by atoms with Crippen molar-refractivity contribution in [1.82, 2.24) is 0 Å². The van der Waals surface area contributed by atoms with E-state index in [1.54, 1.807) is 0 Å². The number of rotatable bonds is 3. The Hall–Kier alpha value is -0.0600. The molecule has 1 aliphatic rings. The molecule has 0 saturated carbocycles. The lowest BCUT2D eigenvalue weighted by Crippen LogP contribution is -2.18. The van der Waals surface area contributed by atoms with Crippen molar-refractivity contribution in [3.05, 3.63) is 0 Å². The van der Waals surface area contributed by atoms with E-state index < -0.39 is 11.4 Å². The van der Waals surface area contributed by atoms with Crippen LogP contribution >= 0.6 is 0 Å². The maximum absolute atomic E-state index is 11.3. The van der Waals surface area contributed by atoms with Gasteiger partial charge in [0.2, 0.25) is 0 Å². The molecule has 0 amide bonds. The van der Waals surface area contributed by atoms with Crippen LogP contribution in [-0.4, -0.2) is 29.2 Å². The second-order valence-electron chi connectivity index (χ2n) is 3.53. The van der Waals surface area contributed by atoms with Gasteiger partial charge >= 0.3 is 0 Å². The van der Waals surface area contributed by atoms with Crippen LogP contribution in [0, 0.1) is 5.92 Å². The Morgan fingerprint density at radius 3 is 2.62 bits per heavy atom. The Labute approximate surface area is 82.9 Å². The average molecular weight is 203 g/mol. The van der Waals surface area contributed by atoms with Crippen molar-refractivity contribution < 1.29 is 9.29 Å². The van der Waals surface area contributed by atoms with E-state index in [9.17, 15) is 4.55 Å². The van der Waals surface area contributed by atoms with E-state index in [1.165, 1.54) is 0 Å². The number of hydrogen-bond acceptors (Lipinski definition) is 3. The quantitative estimate of drug-likeness (QED) is 0.516. The van der Waals surface area contributed by atoms with Crippen molar-refractivity contribution in [3.8, 4) is 0 Å². The van der Waals surface area contributed by atoms with Gasteiger partial charge in [0, 0.05) is 19.1 Å². The third-order valence-corrected chi connectivity index (χ3v) is 3.18. The first-order valence-electron chi connectivity index (χ1n) is 4.73. The summed E-state index contributed by atoms with van der Waals surface area (Å²) in [5, 5.41) is 0.121. The molecule has 1 rings (SSSR count). The molecule has 0 radical (unpaired) electrons. The molecule has 1 unspecified atom stereocenters. The smallest absolute Gasteiger partial charge is 0.137 e. The molecule has 0 N–H and O–H groups in total. The monoisotopic (exact) mass is 203 g/mol. The predicted molar refractivity (Wildman–Crippen MR) is 55.3 cm³/mol. The highest BCUT2D eigenvalue weighted by Crippen LogP contribution is 2.13. The van der Waals surface area contributed by atoms with Gasteiger partial charge in [-0.15, -0.1) is 0 Å². The van der Waals surface area contributed by atoms with E-state index in [0.717, 1.165) is 26.1 Å². The molecule has 0 aromatic rings. The van der Waals surface area contributed by atoms with Gasteiger partial charge in [0.15, 0.2) is 0 Å². The molecule has 3 nitrogen and oxygen atoms in total. The predicted octanol–water partition coefficient (Wildman–Crippen LogP) is 1.56. The maximum Gasteiger partial charge on any atom is 0.137 e. The summed E-state index contributed by atoms with van der Waals surface area (Å²) >= 11 is -1.04. The Morgan fingerprint density at radius 2 is 2.08 bits per heavy atom. The molecular formula is C9H17NO2S. The minimum atomic E-state index is -1.04. The van der Waals surface area contributed by atoms with E-state index >= 15 is 0 Å². The molecule has 13 heavy (non-hydrogen) atoms. The lowest BCUT2D eigenvalue weighted by molar-refractivity contribution is 0.0838. The molecule has 4 heteroatoms. The number of hydrogen-bond donors (Lipinski definition) is 0. The summed E-state index contributed by atoms with van der Waals surface area (Å²) < 4.78 is 20.5. The third kappa shape index (κ3) is 4.11. The van der Waals surface area contributed by atoms with Gasteiger partial charge < -0.3 is 9.29 Å². The van der Waals surface area contributed by atoms with Crippen LogP contribution in [0.25, 0.3) is 0 Å².